The van der Waals surface area contributed by atoms with Gasteiger partial charge >= 0.3 is 0 Å². The Morgan fingerprint density at radius 2 is 2.07 bits per heavy atom. The number of aromatic nitrogens is 1. The number of pyridine rings is 1. The van der Waals surface area contributed by atoms with Gasteiger partial charge in [-0.3, -0.25) is 4.98 Å². The van der Waals surface area contributed by atoms with Crippen LogP contribution in [0.1, 0.15) is 32.3 Å². The summed E-state index contributed by atoms with van der Waals surface area (Å²) in [5.74, 6) is 0.327. The Labute approximate surface area is 85.1 Å². The van der Waals surface area contributed by atoms with E-state index in [0.29, 0.717) is 4.90 Å². The van der Waals surface area contributed by atoms with Crippen LogP contribution in [0.25, 0.3) is 0 Å². The smallest absolute Gasteiger partial charge is 0.179 e. The molecule has 0 aliphatic carbocycles. The van der Waals surface area contributed by atoms with Crippen LogP contribution in [0.4, 0.5) is 0 Å². The van der Waals surface area contributed by atoms with Crippen LogP contribution in [0.3, 0.4) is 0 Å². The monoisotopic (exact) mass is 213 g/mol. The van der Waals surface area contributed by atoms with E-state index in [1.165, 1.54) is 6.20 Å². The standard InChI is InChI=1S/C10H15NO2S/c1-4-14(12,13)10-7-11-6-5-9(10)8(2)3/h5-8H,4H2,1-3H3. The highest BCUT2D eigenvalue weighted by molar-refractivity contribution is 7.91. The maximum atomic E-state index is 11.7. The summed E-state index contributed by atoms with van der Waals surface area (Å²) in [5, 5.41) is 0. The average molecular weight is 213 g/mol. The molecule has 1 rings (SSSR count). The lowest BCUT2D eigenvalue weighted by Gasteiger charge is -2.10. The zero-order valence-corrected chi connectivity index (χ0v) is 9.50. The lowest BCUT2D eigenvalue weighted by atomic mass is 10.1. The van der Waals surface area contributed by atoms with Crippen molar-refractivity contribution in [2.24, 2.45) is 0 Å². The lowest BCUT2D eigenvalue weighted by Crippen LogP contribution is -2.08. The van der Waals surface area contributed by atoms with Crippen LogP contribution in [0.5, 0.6) is 0 Å². The summed E-state index contributed by atoms with van der Waals surface area (Å²) in [6.45, 7) is 5.60. The maximum absolute atomic E-state index is 11.7. The molecule has 3 nitrogen and oxygen atoms in total. The fourth-order valence-corrected chi connectivity index (χ4v) is 2.48. The van der Waals surface area contributed by atoms with Gasteiger partial charge in [-0.2, -0.15) is 0 Å². The van der Waals surface area contributed by atoms with Gasteiger partial charge in [0.05, 0.1) is 10.6 Å². The van der Waals surface area contributed by atoms with Gasteiger partial charge in [0.2, 0.25) is 0 Å². The average Bonchev–Trinajstić information content (AvgIpc) is 2.18. The Hall–Kier alpha value is -0.900. The predicted octanol–water partition coefficient (Wildman–Crippen LogP) is 2.00. The minimum atomic E-state index is -3.14. The van der Waals surface area contributed by atoms with E-state index in [1.54, 1.807) is 19.2 Å². The zero-order chi connectivity index (χ0) is 10.8. The van der Waals surface area contributed by atoms with Gasteiger partial charge in [0.25, 0.3) is 0 Å². The maximum Gasteiger partial charge on any atom is 0.179 e. The van der Waals surface area contributed by atoms with Crippen molar-refractivity contribution in [3.63, 3.8) is 0 Å². The summed E-state index contributed by atoms with van der Waals surface area (Å²) >= 11 is 0. The van der Waals surface area contributed by atoms with E-state index in [1.807, 2.05) is 13.8 Å². The van der Waals surface area contributed by atoms with Crippen molar-refractivity contribution < 1.29 is 8.42 Å². The molecule has 1 heterocycles. The molecule has 0 spiro atoms. The molecule has 0 amide bonds. The lowest BCUT2D eigenvalue weighted by molar-refractivity contribution is 0.594. The van der Waals surface area contributed by atoms with Gasteiger partial charge in [0.1, 0.15) is 0 Å². The van der Waals surface area contributed by atoms with E-state index in [-0.39, 0.29) is 11.7 Å². The van der Waals surface area contributed by atoms with Crippen molar-refractivity contribution in [1.82, 2.24) is 4.98 Å². The Morgan fingerprint density at radius 1 is 1.43 bits per heavy atom. The van der Waals surface area contributed by atoms with Crippen molar-refractivity contribution in [3.05, 3.63) is 24.0 Å². The van der Waals surface area contributed by atoms with Gasteiger partial charge in [0, 0.05) is 12.4 Å². The van der Waals surface area contributed by atoms with Crippen molar-refractivity contribution in [3.8, 4) is 0 Å². The molecule has 78 valence electrons. The topological polar surface area (TPSA) is 47.0 Å². The molecule has 0 aliphatic heterocycles. The van der Waals surface area contributed by atoms with Crippen LogP contribution in [0, 0.1) is 0 Å². The van der Waals surface area contributed by atoms with Gasteiger partial charge in [-0.15, -0.1) is 0 Å². The molecule has 0 saturated heterocycles. The van der Waals surface area contributed by atoms with Crippen LogP contribution in [0.15, 0.2) is 23.4 Å². The Bertz CT molecular complexity index is 410. The van der Waals surface area contributed by atoms with Gasteiger partial charge in [-0.05, 0) is 17.5 Å². The first kappa shape index (κ1) is 11.2. The molecule has 0 saturated carbocycles. The highest BCUT2D eigenvalue weighted by Crippen LogP contribution is 2.23. The molecule has 4 heteroatoms. The molecule has 1 aromatic heterocycles. The van der Waals surface area contributed by atoms with Gasteiger partial charge in [-0.1, -0.05) is 20.8 Å². The first-order valence-corrected chi connectivity index (χ1v) is 6.31. The molecule has 14 heavy (non-hydrogen) atoms. The largest absolute Gasteiger partial charge is 0.263 e. The summed E-state index contributed by atoms with van der Waals surface area (Å²) in [4.78, 5) is 4.24. The number of nitrogens with zero attached hydrogens (tertiary/aromatic N) is 1. The quantitative estimate of drug-likeness (QED) is 0.771. The van der Waals surface area contributed by atoms with Crippen molar-refractivity contribution in [2.45, 2.75) is 31.6 Å². The molecule has 0 aromatic carbocycles. The minimum absolute atomic E-state index is 0.123. The van der Waals surface area contributed by atoms with E-state index < -0.39 is 9.84 Å². The van der Waals surface area contributed by atoms with Crippen LogP contribution < -0.4 is 0 Å². The van der Waals surface area contributed by atoms with Crippen molar-refractivity contribution in [1.29, 1.82) is 0 Å². The zero-order valence-electron chi connectivity index (χ0n) is 8.69. The highest BCUT2D eigenvalue weighted by Gasteiger charge is 2.17. The summed E-state index contributed by atoms with van der Waals surface area (Å²) in [6.07, 6.45) is 3.07. The van der Waals surface area contributed by atoms with Crippen molar-refractivity contribution >= 4 is 9.84 Å². The van der Waals surface area contributed by atoms with E-state index in [0.717, 1.165) is 5.56 Å². The molecular formula is C10H15NO2S. The number of hydrogen-bond donors (Lipinski definition) is 0. The molecular weight excluding hydrogens is 198 g/mol. The van der Waals surface area contributed by atoms with Gasteiger partial charge < -0.3 is 0 Å². The number of hydrogen-bond acceptors (Lipinski definition) is 3. The normalized spacial score (nSPS) is 12.0. The number of sulfone groups is 1. The molecule has 0 aliphatic rings. The molecule has 0 unspecified atom stereocenters. The second kappa shape index (κ2) is 4.09. The Morgan fingerprint density at radius 3 is 2.57 bits per heavy atom. The van der Waals surface area contributed by atoms with E-state index in [9.17, 15) is 8.42 Å². The summed E-state index contributed by atoms with van der Waals surface area (Å²) < 4.78 is 23.4. The highest BCUT2D eigenvalue weighted by atomic mass is 32.2. The molecule has 0 radical (unpaired) electrons. The third-order valence-corrected chi connectivity index (χ3v) is 3.92. The Kier molecular flexibility index (Phi) is 3.26. The van der Waals surface area contributed by atoms with Gasteiger partial charge in [-0.25, -0.2) is 8.42 Å². The second-order valence-corrected chi connectivity index (χ2v) is 5.72. The van der Waals surface area contributed by atoms with Crippen molar-refractivity contribution in [2.75, 3.05) is 5.75 Å². The van der Waals surface area contributed by atoms with E-state index in [4.69, 9.17) is 0 Å². The molecule has 0 atom stereocenters. The number of rotatable bonds is 3. The summed E-state index contributed by atoms with van der Waals surface area (Å²) in [5.41, 5.74) is 0.849. The second-order valence-electron chi connectivity index (χ2n) is 3.47. The SMILES string of the molecule is CCS(=O)(=O)c1cnccc1C(C)C. The van der Waals surface area contributed by atoms with Crippen LogP contribution in [-0.2, 0) is 9.84 Å². The summed E-state index contributed by atoms with van der Waals surface area (Å²) in [7, 11) is -3.14. The first-order valence-electron chi connectivity index (χ1n) is 4.65. The third-order valence-electron chi connectivity index (χ3n) is 2.15. The first-order chi connectivity index (χ1) is 6.49. The fourth-order valence-electron chi connectivity index (χ4n) is 1.28. The molecule has 0 bridgehead atoms. The van der Waals surface area contributed by atoms with Crippen LogP contribution >= 0.6 is 0 Å². The fraction of sp³-hybridized carbons (Fsp3) is 0.500. The minimum Gasteiger partial charge on any atom is -0.263 e. The Balaban J connectivity index is 3.35. The van der Waals surface area contributed by atoms with E-state index >= 15 is 0 Å². The third kappa shape index (κ3) is 2.12. The summed E-state index contributed by atoms with van der Waals surface area (Å²) in [6, 6.07) is 1.77. The molecule has 0 N–H and O–H groups in total. The predicted molar refractivity (Wildman–Crippen MR) is 56.1 cm³/mol. The molecule has 1 aromatic rings. The van der Waals surface area contributed by atoms with Gasteiger partial charge in [0.15, 0.2) is 9.84 Å². The van der Waals surface area contributed by atoms with Crippen LogP contribution in [-0.4, -0.2) is 19.2 Å². The van der Waals surface area contributed by atoms with Crippen LogP contribution in [0.2, 0.25) is 0 Å². The molecule has 0 fully saturated rings. The van der Waals surface area contributed by atoms with E-state index in [2.05, 4.69) is 4.98 Å².